The minimum absolute atomic E-state index is 0.120. The number of carbonyl (C=O) groups is 1. The molecule has 1 fully saturated rings. The summed E-state index contributed by atoms with van der Waals surface area (Å²) in [5.74, 6) is -0.321. The Balaban J connectivity index is 1.67. The number of piperidine rings is 1. The molecule has 30 heavy (non-hydrogen) atoms. The molecule has 0 radical (unpaired) electrons. The number of carbonyl (C=O) groups excluding carboxylic acids is 1. The first-order valence-corrected chi connectivity index (χ1v) is 10.00. The van der Waals surface area contributed by atoms with E-state index in [0.29, 0.717) is 11.3 Å². The van der Waals surface area contributed by atoms with Crippen molar-refractivity contribution in [3.8, 4) is 11.3 Å². The van der Waals surface area contributed by atoms with Crippen molar-refractivity contribution >= 4 is 22.5 Å². The second-order valence-electron chi connectivity index (χ2n) is 7.53. The maximum atomic E-state index is 13.3. The van der Waals surface area contributed by atoms with Crippen molar-refractivity contribution in [2.45, 2.75) is 25.4 Å². The molecular formula is C23H22F3N3O. The number of aromatic nitrogens is 1. The quantitative estimate of drug-likeness (QED) is 0.628. The number of para-hydroxylation sites is 1. The van der Waals surface area contributed by atoms with Crippen molar-refractivity contribution in [2.24, 2.45) is 0 Å². The van der Waals surface area contributed by atoms with E-state index in [1.165, 1.54) is 6.07 Å². The number of nitrogens with zero attached hydrogens (tertiary/aromatic N) is 2. The van der Waals surface area contributed by atoms with Crippen LogP contribution >= 0.6 is 0 Å². The number of hydrogen-bond donors (Lipinski definition) is 1. The number of likely N-dealkylation sites (tertiary alicyclic amines) is 1. The summed E-state index contributed by atoms with van der Waals surface area (Å²) in [5, 5.41) is 3.63. The van der Waals surface area contributed by atoms with Crippen LogP contribution in [0.2, 0.25) is 0 Å². The van der Waals surface area contributed by atoms with Crippen LogP contribution in [0, 0.1) is 0 Å². The van der Waals surface area contributed by atoms with E-state index < -0.39 is 11.7 Å². The second-order valence-corrected chi connectivity index (χ2v) is 7.53. The van der Waals surface area contributed by atoms with E-state index >= 15 is 0 Å². The largest absolute Gasteiger partial charge is 0.416 e. The molecule has 2 heterocycles. The highest BCUT2D eigenvalue weighted by Crippen LogP contribution is 2.36. The number of rotatable bonds is 4. The normalized spacial score (nSPS) is 15.3. The Hall–Kier alpha value is -2.93. The molecule has 2 aromatic carbocycles. The zero-order valence-electron chi connectivity index (χ0n) is 16.4. The average Bonchev–Trinajstić information content (AvgIpc) is 2.73. The maximum absolute atomic E-state index is 13.3. The maximum Gasteiger partial charge on any atom is 0.416 e. The van der Waals surface area contributed by atoms with E-state index in [9.17, 15) is 18.0 Å². The van der Waals surface area contributed by atoms with Crippen LogP contribution < -0.4 is 5.32 Å². The van der Waals surface area contributed by atoms with Crippen molar-refractivity contribution < 1.29 is 18.0 Å². The van der Waals surface area contributed by atoms with Gasteiger partial charge in [0.2, 0.25) is 5.91 Å². The summed E-state index contributed by atoms with van der Waals surface area (Å²) >= 11 is 0. The van der Waals surface area contributed by atoms with Gasteiger partial charge >= 0.3 is 6.18 Å². The van der Waals surface area contributed by atoms with E-state index in [4.69, 9.17) is 0 Å². The summed E-state index contributed by atoms with van der Waals surface area (Å²) in [5.41, 5.74) is 1.02. The van der Waals surface area contributed by atoms with E-state index in [2.05, 4.69) is 10.3 Å². The molecule has 4 nitrogen and oxygen atoms in total. The van der Waals surface area contributed by atoms with Crippen LogP contribution in [-0.2, 0) is 11.0 Å². The Morgan fingerprint density at radius 3 is 2.53 bits per heavy atom. The third-order valence-corrected chi connectivity index (χ3v) is 5.31. The van der Waals surface area contributed by atoms with Crippen LogP contribution in [0.15, 0.2) is 54.6 Å². The fraction of sp³-hybridized carbons (Fsp3) is 0.304. The lowest BCUT2D eigenvalue weighted by atomic mass is 10.0. The highest BCUT2D eigenvalue weighted by Gasteiger charge is 2.31. The summed E-state index contributed by atoms with van der Waals surface area (Å²) in [7, 11) is 0. The standard InChI is InChI=1S/C23H22F3N3O/c24-23(25,26)17-9-10-18(20-11-8-16-6-2-3-7-19(16)27-20)21(14-17)28-22(30)15-29-12-4-1-5-13-29/h2-3,6-11,14H,1,4-5,12-13,15H2,(H,28,30). The molecule has 1 aliphatic heterocycles. The van der Waals surface area contributed by atoms with Crippen molar-refractivity contribution in [2.75, 3.05) is 25.0 Å². The van der Waals surface area contributed by atoms with E-state index in [1.807, 2.05) is 35.2 Å². The van der Waals surface area contributed by atoms with Gasteiger partial charge in [0.1, 0.15) is 0 Å². The third-order valence-electron chi connectivity index (χ3n) is 5.31. The van der Waals surface area contributed by atoms with Gasteiger partial charge in [-0.3, -0.25) is 9.69 Å². The summed E-state index contributed by atoms with van der Waals surface area (Å²) in [6.07, 6.45) is -1.29. The molecule has 7 heteroatoms. The smallest absolute Gasteiger partial charge is 0.324 e. The number of hydrogen-bond acceptors (Lipinski definition) is 3. The molecule has 0 spiro atoms. The number of fused-ring (bicyclic) bond motifs is 1. The first kappa shape index (κ1) is 20.3. The van der Waals surface area contributed by atoms with Crippen molar-refractivity contribution in [3.63, 3.8) is 0 Å². The van der Waals surface area contributed by atoms with Gasteiger partial charge in [-0.1, -0.05) is 36.8 Å². The molecule has 4 rings (SSSR count). The SMILES string of the molecule is O=C(CN1CCCCC1)Nc1cc(C(F)(F)F)ccc1-c1ccc2ccccc2n1. The number of halogens is 3. The van der Waals surface area contributed by atoms with Crippen LogP contribution in [0.4, 0.5) is 18.9 Å². The van der Waals surface area contributed by atoms with Gasteiger partial charge in [0.15, 0.2) is 0 Å². The number of benzene rings is 2. The van der Waals surface area contributed by atoms with E-state index in [0.717, 1.165) is 55.4 Å². The molecule has 0 aliphatic carbocycles. The predicted molar refractivity (Wildman–Crippen MR) is 111 cm³/mol. The van der Waals surface area contributed by atoms with Crippen LogP contribution in [0.25, 0.3) is 22.2 Å². The summed E-state index contributed by atoms with van der Waals surface area (Å²) < 4.78 is 39.9. The van der Waals surface area contributed by atoms with E-state index in [-0.39, 0.29) is 18.1 Å². The highest BCUT2D eigenvalue weighted by molar-refractivity contribution is 5.97. The molecule has 0 unspecified atom stereocenters. The number of pyridine rings is 1. The fourth-order valence-corrected chi connectivity index (χ4v) is 3.77. The molecule has 1 amide bonds. The molecular weight excluding hydrogens is 391 g/mol. The Labute approximate surface area is 172 Å². The average molecular weight is 413 g/mol. The molecule has 0 bridgehead atoms. The van der Waals surface area contributed by atoms with Crippen LogP contribution in [0.3, 0.4) is 0 Å². The first-order valence-electron chi connectivity index (χ1n) is 10.00. The van der Waals surface area contributed by atoms with Crippen LogP contribution in [0.1, 0.15) is 24.8 Å². The van der Waals surface area contributed by atoms with Gasteiger partial charge < -0.3 is 5.32 Å². The Morgan fingerprint density at radius 2 is 1.77 bits per heavy atom. The molecule has 0 saturated carbocycles. The molecule has 1 saturated heterocycles. The summed E-state index contributed by atoms with van der Waals surface area (Å²) in [4.78, 5) is 19.2. The zero-order valence-corrected chi connectivity index (χ0v) is 16.4. The molecule has 3 aromatic rings. The van der Waals surface area contributed by atoms with E-state index in [1.54, 1.807) is 6.07 Å². The topological polar surface area (TPSA) is 45.2 Å². The van der Waals surface area contributed by atoms with Gasteiger partial charge in [0.25, 0.3) is 0 Å². The van der Waals surface area contributed by atoms with Crippen molar-refractivity contribution in [1.82, 2.24) is 9.88 Å². The van der Waals surface area contributed by atoms with Gasteiger partial charge in [-0.05, 0) is 50.2 Å². The lowest BCUT2D eigenvalue weighted by molar-refractivity contribution is -0.137. The number of alkyl halides is 3. The van der Waals surface area contributed by atoms with Crippen LogP contribution in [-0.4, -0.2) is 35.4 Å². The molecule has 1 aliphatic rings. The fourth-order valence-electron chi connectivity index (χ4n) is 3.77. The van der Waals surface area contributed by atoms with Gasteiger partial charge in [-0.25, -0.2) is 4.98 Å². The van der Waals surface area contributed by atoms with Crippen molar-refractivity contribution in [1.29, 1.82) is 0 Å². The number of nitrogens with one attached hydrogen (secondary N) is 1. The number of anilines is 1. The second kappa shape index (κ2) is 8.44. The number of amides is 1. The molecule has 1 N–H and O–H groups in total. The predicted octanol–water partition coefficient (Wildman–Crippen LogP) is 5.35. The highest BCUT2D eigenvalue weighted by atomic mass is 19.4. The van der Waals surface area contributed by atoms with Gasteiger partial charge in [0, 0.05) is 10.9 Å². The zero-order chi connectivity index (χ0) is 21.1. The molecule has 0 atom stereocenters. The minimum atomic E-state index is -4.50. The Kier molecular flexibility index (Phi) is 5.72. The van der Waals surface area contributed by atoms with Gasteiger partial charge in [0.05, 0.1) is 29.0 Å². The lowest BCUT2D eigenvalue weighted by Gasteiger charge is -2.25. The third kappa shape index (κ3) is 4.62. The summed E-state index contributed by atoms with van der Waals surface area (Å²) in [6.45, 7) is 1.82. The van der Waals surface area contributed by atoms with Gasteiger partial charge in [-0.2, -0.15) is 13.2 Å². The molecule has 156 valence electrons. The van der Waals surface area contributed by atoms with Gasteiger partial charge in [-0.15, -0.1) is 0 Å². The lowest BCUT2D eigenvalue weighted by Crippen LogP contribution is -2.36. The molecule has 1 aromatic heterocycles. The van der Waals surface area contributed by atoms with Crippen LogP contribution in [0.5, 0.6) is 0 Å². The Morgan fingerprint density at radius 1 is 1.00 bits per heavy atom. The first-order chi connectivity index (χ1) is 14.4. The van der Waals surface area contributed by atoms with Crippen molar-refractivity contribution in [3.05, 3.63) is 60.2 Å². The monoisotopic (exact) mass is 413 g/mol. The Bertz CT molecular complexity index is 1060. The summed E-state index contributed by atoms with van der Waals surface area (Å²) in [6, 6.07) is 14.5. The minimum Gasteiger partial charge on any atom is -0.324 e.